The minimum atomic E-state index is -4.99. The predicted molar refractivity (Wildman–Crippen MR) is 46.4 cm³/mol. The molecule has 0 spiro atoms. The number of carbonyl (C=O) groups is 1. The lowest BCUT2D eigenvalue weighted by Crippen LogP contribution is -2.38. The summed E-state index contributed by atoms with van der Waals surface area (Å²) in [6.07, 6.45) is -1.39. The third kappa shape index (κ3) is 3.02. The maximum absolute atomic E-state index is 13.5. The Bertz CT molecular complexity index is 267. The first-order chi connectivity index (χ1) is 6.14. The van der Waals surface area contributed by atoms with Gasteiger partial charge in [-0.2, -0.15) is 0 Å². The maximum atomic E-state index is 13.5. The summed E-state index contributed by atoms with van der Waals surface area (Å²) in [7, 11) is -4.99. The van der Waals surface area contributed by atoms with Gasteiger partial charge >= 0.3 is 13.6 Å². The molecule has 0 aromatic heterocycles. The van der Waals surface area contributed by atoms with E-state index in [1.807, 2.05) is 0 Å². The summed E-state index contributed by atoms with van der Waals surface area (Å²) < 4.78 is 24.2. The molecule has 0 bridgehead atoms. The summed E-state index contributed by atoms with van der Waals surface area (Å²) in [6, 6.07) is -1.62. The Hall–Kier alpha value is -0.490. The molecular formula is C6H13FNO5P. The van der Waals surface area contributed by atoms with Gasteiger partial charge in [-0.1, -0.05) is 6.92 Å². The second-order valence-electron chi connectivity index (χ2n) is 2.96. The van der Waals surface area contributed by atoms with E-state index < -0.39 is 37.9 Å². The van der Waals surface area contributed by atoms with Crippen LogP contribution in [-0.4, -0.2) is 32.3 Å². The Morgan fingerprint density at radius 1 is 1.64 bits per heavy atom. The second kappa shape index (κ2) is 4.35. The van der Waals surface area contributed by atoms with E-state index >= 15 is 0 Å². The SMILES string of the molecule is CC[C@@](F)(C[C@H](N)C(=O)O)P(=O)(O)O. The van der Waals surface area contributed by atoms with Crippen LogP contribution in [0.3, 0.4) is 0 Å². The van der Waals surface area contributed by atoms with Crippen molar-refractivity contribution >= 4 is 13.6 Å². The van der Waals surface area contributed by atoms with Crippen LogP contribution in [-0.2, 0) is 9.36 Å². The molecule has 2 atom stereocenters. The molecule has 0 saturated heterocycles. The van der Waals surface area contributed by atoms with Gasteiger partial charge in [0.1, 0.15) is 6.04 Å². The van der Waals surface area contributed by atoms with Crippen molar-refractivity contribution < 1.29 is 28.6 Å². The fraction of sp³-hybridized carbons (Fsp3) is 0.833. The summed E-state index contributed by atoms with van der Waals surface area (Å²) in [5.41, 5.74) is 4.99. The van der Waals surface area contributed by atoms with E-state index in [9.17, 15) is 13.8 Å². The standard InChI is InChI=1S/C6H13FNO5P/c1-2-6(7,14(11,12)13)3-4(8)5(9)10/h4H,2-3,8H2,1H3,(H,9,10)(H2,11,12,13)/t4-,6-/m0/s1. The number of carboxylic acids is 1. The van der Waals surface area contributed by atoms with E-state index in [4.69, 9.17) is 20.6 Å². The van der Waals surface area contributed by atoms with Crippen LogP contribution in [0, 0.1) is 0 Å². The Kier molecular flexibility index (Phi) is 4.20. The lowest BCUT2D eigenvalue weighted by atomic mass is 10.1. The van der Waals surface area contributed by atoms with E-state index in [2.05, 4.69) is 0 Å². The van der Waals surface area contributed by atoms with Crippen LogP contribution in [0.5, 0.6) is 0 Å². The van der Waals surface area contributed by atoms with Crippen LogP contribution in [0.2, 0.25) is 0 Å². The van der Waals surface area contributed by atoms with Gasteiger partial charge in [0.2, 0.25) is 5.41 Å². The van der Waals surface area contributed by atoms with Crippen LogP contribution >= 0.6 is 7.60 Å². The fourth-order valence-electron chi connectivity index (χ4n) is 0.894. The molecule has 5 N–H and O–H groups in total. The molecule has 8 heteroatoms. The van der Waals surface area contributed by atoms with E-state index in [0.29, 0.717) is 0 Å². The molecule has 0 aliphatic rings. The molecule has 0 aromatic carbocycles. The largest absolute Gasteiger partial charge is 0.480 e. The van der Waals surface area contributed by atoms with E-state index in [1.54, 1.807) is 0 Å². The van der Waals surface area contributed by atoms with E-state index in [0.717, 1.165) is 0 Å². The Morgan fingerprint density at radius 3 is 2.29 bits per heavy atom. The molecule has 0 amide bonds. The molecular weight excluding hydrogens is 216 g/mol. The van der Waals surface area contributed by atoms with E-state index in [1.165, 1.54) is 6.92 Å². The molecule has 0 saturated carbocycles. The predicted octanol–water partition coefficient (Wildman–Crippen LogP) is 0.0419. The van der Waals surface area contributed by atoms with Gasteiger partial charge in [0.15, 0.2) is 0 Å². The zero-order valence-electron chi connectivity index (χ0n) is 7.55. The van der Waals surface area contributed by atoms with Crippen molar-refractivity contribution in [3.63, 3.8) is 0 Å². The molecule has 14 heavy (non-hydrogen) atoms. The first-order valence-corrected chi connectivity index (χ1v) is 5.48. The minimum Gasteiger partial charge on any atom is -0.480 e. The highest BCUT2D eigenvalue weighted by Gasteiger charge is 2.48. The normalized spacial score (nSPS) is 18.6. The number of rotatable bonds is 5. The van der Waals surface area contributed by atoms with Crippen LogP contribution in [0.15, 0.2) is 0 Å². The average molecular weight is 229 g/mol. The first kappa shape index (κ1) is 13.5. The van der Waals surface area contributed by atoms with Gasteiger partial charge in [-0.25, -0.2) is 4.39 Å². The number of nitrogens with two attached hydrogens (primary N) is 1. The summed E-state index contributed by atoms with van der Waals surface area (Å²) in [5, 5.41) is 5.51. The topological polar surface area (TPSA) is 121 Å². The molecule has 6 nitrogen and oxygen atoms in total. The highest BCUT2D eigenvalue weighted by atomic mass is 31.2. The van der Waals surface area contributed by atoms with Gasteiger partial charge in [-0.15, -0.1) is 0 Å². The fourth-order valence-corrected chi connectivity index (χ4v) is 1.74. The Morgan fingerprint density at radius 2 is 2.07 bits per heavy atom. The Labute approximate surface area is 80.1 Å². The number of halogens is 1. The van der Waals surface area contributed by atoms with Crippen molar-refractivity contribution in [2.24, 2.45) is 5.73 Å². The molecule has 0 aliphatic carbocycles. The number of hydrogen-bond acceptors (Lipinski definition) is 3. The second-order valence-corrected chi connectivity index (χ2v) is 4.85. The highest BCUT2D eigenvalue weighted by molar-refractivity contribution is 7.53. The Balaban J connectivity index is 4.74. The van der Waals surface area contributed by atoms with Gasteiger partial charge in [0, 0.05) is 6.42 Å². The summed E-state index contributed by atoms with van der Waals surface area (Å²) in [5.74, 6) is -1.49. The molecule has 0 aliphatic heterocycles. The summed E-state index contributed by atoms with van der Waals surface area (Å²) in [4.78, 5) is 27.6. The molecule has 0 radical (unpaired) electrons. The average Bonchev–Trinajstić information content (AvgIpc) is 2.01. The zero-order valence-corrected chi connectivity index (χ0v) is 8.45. The molecule has 0 rings (SSSR count). The summed E-state index contributed by atoms with van der Waals surface area (Å²) >= 11 is 0. The van der Waals surface area contributed by atoms with Crippen molar-refractivity contribution in [3.8, 4) is 0 Å². The van der Waals surface area contributed by atoms with Gasteiger partial charge in [-0.05, 0) is 6.42 Å². The highest BCUT2D eigenvalue weighted by Crippen LogP contribution is 2.55. The van der Waals surface area contributed by atoms with Crippen molar-refractivity contribution in [3.05, 3.63) is 0 Å². The lowest BCUT2D eigenvalue weighted by Gasteiger charge is -2.26. The quantitative estimate of drug-likeness (QED) is 0.494. The van der Waals surface area contributed by atoms with Crippen LogP contribution < -0.4 is 5.73 Å². The van der Waals surface area contributed by atoms with Crippen molar-refractivity contribution in [1.82, 2.24) is 0 Å². The maximum Gasteiger partial charge on any atom is 0.362 e. The molecule has 0 heterocycles. The van der Waals surface area contributed by atoms with Crippen molar-refractivity contribution in [1.29, 1.82) is 0 Å². The van der Waals surface area contributed by atoms with E-state index in [-0.39, 0.29) is 0 Å². The summed E-state index contributed by atoms with van der Waals surface area (Å²) in [6.45, 7) is 1.22. The minimum absolute atomic E-state index is 0.488. The number of aliphatic carboxylic acids is 1. The van der Waals surface area contributed by atoms with Crippen LogP contribution in [0.25, 0.3) is 0 Å². The number of carboxylic acid groups (broad SMARTS) is 1. The number of hydrogen-bond donors (Lipinski definition) is 4. The molecule has 0 fully saturated rings. The van der Waals surface area contributed by atoms with Crippen LogP contribution in [0.1, 0.15) is 19.8 Å². The zero-order chi connectivity index (χ0) is 11.6. The van der Waals surface area contributed by atoms with Crippen molar-refractivity contribution in [2.45, 2.75) is 31.2 Å². The van der Waals surface area contributed by atoms with Gasteiger partial charge < -0.3 is 20.6 Å². The smallest absolute Gasteiger partial charge is 0.362 e. The third-order valence-corrected chi connectivity index (χ3v) is 3.46. The third-order valence-electron chi connectivity index (χ3n) is 1.91. The van der Waals surface area contributed by atoms with Gasteiger partial charge in [0.05, 0.1) is 0 Å². The lowest BCUT2D eigenvalue weighted by molar-refractivity contribution is -0.139. The van der Waals surface area contributed by atoms with Crippen LogP contribution in [0.4, 0.5) is 4.39 Å². The first-order valence-electron chi connectivity index (χ1n) is 3.87. The van der Waals surface area contributed by atoms with Gasteiger partial charge in [0.25, 0.3) is 0 Å². The molecule has 84 valence electrons. The monoisotopic (exact) mass is 229 g/mol. The number of alkyl halides is 1. The van der Waals surface area contributed by atoms with Crippen molar-refractivity contribution in [2.75, 3.05) is 0 Å². The van der Waals surface area contributed by atoms with Gasteiger partial charge in [-0.3, -0.25) is 9.36 Å². The molecule has 0 unspecified atom stereocenters. The molecule has 0 aromatic rings.